The molecule has 1 heterocycles. The van der Waals surface area contributed by atoms with Crippen molar-refractivity contribution in [2.24, 2.45) is 0 Å². The minimum Gasteiger partial charge on any atom is -0.456 e. The monoisotopic (exact) mass is 462 g/mol. The van der Waals surface area contributed by atoms with Gasteiger partial charge in [0.05, 0.1) is 7.06 Å². The zero-order valence-corrected chi connectivity index (χ0v) is 19.6. The van der Waals surface area contributed by atoms with Gasteiger partial charge in [0.15, 0.2) is 0 Å². The predicted octanol–water partition coefficient (Wildman–Crippen LogP) is 9.88. The van der Waals surface area contributed by atoms with E-state index in [1.807, 2.05) is 42.5 Å². The smallest absolute Gasteiger partial charge is 0.135 e. The lowest BCUT2D eigenvalue weighted by molar-refractivity contribution is 0.669. The van der Waals surface area contributed by atoms with Crippen molar-refractivity contribution in [3.05, 3.63) is 140 Å². The Morgan fingerprint density at radius 3 is 2.17 bits per heavy atom. The van der Waals surface area contributed by atoms with Crippen molar-refractivity contribution in [3.8, 4) is 11.1 Å². The Hall–Kier alpha value is -4.82. The van der Waals surface area contributed by atoms with Gasteiger partial charge in [-0.2, -0.15) is 0 Å². The number of para-hydroxylation sites is 2. The summed E-state index contributed by atoms with van der Waals surface area (Å²) in [5.41, 5.74) is 7.24. The van der Waals surface area contributed by atoms with Gasteiger partial charge in [-0.3, -0.25) is 0 Å². The molecule has 7 aromatic rings. The molecule has 36 heavy (non-hydrogen) atoms. The lowest BCUT2D eigenvalue weighted by atomic mass is 9.96. The quantitative estimate of drug-likeness (QED) is 0.259. The Morgan fingerprint density at radius 1 is 0.556 bits per heavy atom. The van der Waals surface area contributed by atoms with E-state index < -0.39 is 0 Å². The standard InChI is InChI=1S/C34H23NO/c1-3-11-24(12-4-1)28-18-9-13-25-14-10-19-31(34(25)28)35(26-15-5-2-6-16-26)27-21-22-33-30(23-27)29-17-7-8-20-32(29)36-33/h1-23H/i2D. The zero-order chi connectivity index (χ0) is 24.8. The van der Waals surface area contributed by atoms with Crippen LogP contribution in [0, 0.1) is 0 Å². The molecule has 0 saturated heterocycles. The van der Waals surface area contributed by atoms with E-state index in [9.17, 15) is 0 Å². The molecule has 1 aromatic heterocycles. The number of hydrogen-bond donors (Lipinski definition) is 0. The van der Waals surface area contributed by atoms with Gasteiger partial charge in [-0.25, -0.2) is 0 Å². The first-order chi connectivity index (χ1) is 18.3. The van der Waals surface area contributed by atoms with Gasteiger partial charge >= 0.3 is 0 Å². The molecule has 0 aliphatic carbocycles. The van der Waals surface area contributed by atoms with Crippen LogP contribution in [0.15, 0.2) is 144 Å². The van der Waals surface area contributed by atoms with E-state index >= 15 is 0 Å². The number of benzene rings is 6. The number of furan rings is 1. The molecule has 7 rings (SSSR count). The van der Waals surface area contributed by atoms with Crippen LogP contribution in [0.3, 0.4) is 0 Å². The fraction of sp³-hybridized carbons (Fsp3) is 0. The van der Waals surface area contributed by atoms with Crippen LogP contribution in [0.5, 0.6) is 0 Å². The topological polar surface area (TPSA) is 16.4 Å². The largest absolute Gasteiger partial charge is 0.456 e. The van der Waals surface area contributed by atoms with Crippen LogP contribution in [0.4, 0.5) is 17.1 Å². The fourth-order valence-electron chi connectivity index (χ4n) is 5.17. The van der Waals surface area contributed by atoms with Crippen molar-refractivity contribution in [1.29, 1.82) is 0 Å². The predicted molar refractivity (Wildman–Crippen MR) is 151 cm³/mol. The molecule has 0 fully saturated rings. The van der Waals surface area contributed by atoms with Gasteiger partial charge in [0.1, 0.15) is 11.2 Å². The number of fused-ring (bicyclic) bond motifs is 4. The molecular weight excluding hydrogens is 438 g/mol. The molecule has 0 unspecified atom stereocenters. The van der Waals surface area contributed by atoms with Crippen molar-refractivity contribution in [2.75, 3.05) is 4.90 Å². The van der Waals surface area contributed by atoms with Gasteiger partial charge in [-0.05, 0) is 59.0 Å². The van der Waals surface area contributed by atoms with Crippen LogP contribution >= 0.6 is 0 Å². The molecular formula is C34H23NO. The second-order valence-electron chi connectivity index (χ2n) is 8.92. The number of anilines is 3. The highest BCUT2D eigenvalue weighted by atomic mass is 16.3. The Morgan fingerprint density at radius 2 is 1.31 bits per heavy atom. The SMILES string of the molecule is [2H]c1ccc(N(c2ccc3oc4ccccc4c3c2)c2cccc3cccc(-c4ccccc4)c23)cc1. The van der Waals surface area contributed by atoms with Crippen LogP contribution < -0.4 is 4.90 Å². The number of nitrogens with zero attached hydrogens (tertiary/aromatic N) is 1. The fourth-order valence-corrected chi connectivity index (χ4v) is 5.17. The lowest BCUT2D eigenvalue weighted by Crippen LogP contribution is -2.10. The van der Waals surface area contributed by atoms with E-state index in [0.29, 0.717) is 6.04 Å². The Balaban J connectivity index is 1.53. The summed E-state index contributed by atoms with van der Waals surface area (Å²) in [6.07, 6.45) is 0. The minimum absolute atomic E-state index is 0.489. The molecule has 0 bridgehead atoms. The normalized spacial score (nSPS) is 11.7. The molecule has 0 spiro atoms. The van der Waals surface area contributed by atoms with Gasteiger partial charge in [0.25, 0.3) is 0 Å². The summed E-state index contributed by atoms with van der Waals surface area (Å²) in [7, 11) is 0. The minimum atomic E-state index is 0.489. The summed E-state index contributed by atoms with van der Waals surface area (Å²) in [5, 5.41) is 4.54. The molecule has 6 aromatic carbocycles. The van der Waals surface area contributed by atoms with E-state index in [1.54, 1.807) is 0 Å². The molecule has 2 heteroatoms. The molecule has 0 aliphatic rings. The molecule has 0 N–H and O–H groups in total. The highest BCUT2D eigenvalue weighted by molar-refractivity contribution is 6.10. The van der Waals surface area contributed by atoms with Crippen LogP contribution in [-0.4, -0.2) is 0 Å². The van der Waals surface area contributed by atoms with Crippen molar-refractivity contribution in [3.63, 3.8) is 0 Å². The number of hydrogen-bond acceptors (Lipinski definition) is 2. The van der Waals surface area contributed by atoms with Gasteiger partial charge in [-0.15, -0.1) is 0 Å². The third kappa shape index (κ3) is 3.35. The summed E-state index contributed by atoms with van der Waals surface area (Å²) in [5.74, 6) is 0. The van der Waals surface area contributed by atoms with E-state index in [0.717, 1.165) is 39.0 Å². The number of rotatable bonds is 4. The Bertz CT molecular complexity index is 1880. The average Bonchev–Trinajstić information content (AvgIpc) is 3.33. The van der Waals surface area contributed by atoms with Gasteiger partial charge in [0.2, 0.25) is 0 Å². The summed E-state index contributed by atoms with van der Waals surface area (Å²) in [4.78, 5) is 2.29. The van der Waals surface area contributed by atoms with Gasteiger partial charge < -0.3 is 9.32 Å². The first kappa shape index (κ1) is 19.5. The van der Waals surface area contributed by atoms with Crippen molar-refractivity contribution < 1.29 is 5.79 Å². The molecule has 0 aliphatic heterocycles. The summed E-state index contributed by atoms with van der Waals surface area (Å²) in [6, 6.07) is 46.2. The molecule has 170 valence electrons. The molecule has 0 radical (unpaired) electrons. The van der Waals surface area contributed by atoms with Crippen molar-refractivity contribution in [2.45, 2.75) is 0 Å². The van der Waals surface area contributed by atoms with Crippen molar-refractivity contribution >= 4 is 49.8 Å². The molecule has 0 saturated carbocycles. The van der Waals surface area contributed by atoms with Gasteiger partial charge in [0, 0.05) is 27.5 Å². The lowest BCUT2D eigenvalue weighted by Gasteiger charge is -2.27. The summed E-state index contributed by atoms with van der Waals surface area (Å²) >= 11 is 0. The first-order valence-corrected chi connectivity index (χ1v) is 12.1. The highest BCUT2D eigenvalue weighted by Crippen LogP contribution is 2.43. The maximum atomic E-state index is 8.07. The van der Waals surface area contributed by atoms with E-state index in [1.165, 1.54) is 21.9 Å². The van der Waals surface area contributed by atoms with Crippen molar-refractivity contribution in [1.82, 2.24) is 0 Å². The zero-order valence-electron chi connectivity index (χ0n) is 20.6. The van der Waals surface area contributed by atoms with Crippen LogP contribution in [0.1, 0.15) is 1.37 Å². The van der Waals surface area contributed by atoms with Crippen LogP contribution in [0.25, 0.3) is 43.8 Å². The van der Waals surface area contributed by atoms with Crippen LogP contribution in [0.2, 0.25) is 0 Å². The Labute approximate surface area is 211 Å². The highest BCUT2D eigenvalue weighted by Gasteiger charge is 2.19. The maximum absolute atomic E-state index is 8.07. The van der Waals surface area contributed by atoms with E-state index in [-0.39, 0.29) is 0 Å². The van der Waals surface area contributed by atoms with Gasteiger partial charge in [-0.1, -0.05) is 97.0 Å². The van der Waals surface area contributed by atoms with Crippen LogP contribution in [-0.2, 0) is 0 Å². The summed E-state index contributed by atoms with van der Waals surface area (Å²) in [6.45, 7) is 0. The van der Waals surface area contributed by atoms with E-state index in [4.69, 9.17) is 5.79 Å². The maximum Gasteiger partial charge on any atom is 0.135 e. The second-order valence-corrected chi connectivity index (χ2v) is 8.92. The third-order valence-electron chi connectivity index (χ3n) is 6.79. The van der Waals surface area contributed by atoms with E-state index in [2.05, 4.69) is 95.9 Å². The second kappa shape index (κ2) is 8.44. The third-order valence-corrected chi connectivity index (χ3v) is 6.79. The summed E-state index contributed by atoms with van der Waals surface area (Å²) < 4.78 is 14.2. The first-order valence-electron chi connectivity index (χ1n) is 12.6. The Kier molecular flexibility index (Phi) is 4.57. The molecule has 0 amide bonds. The average molecular weight is 463 g/mol. The molecule has 2 nitrogen and oxygen atoms in total. The molecule has 0 atom stereocenters.